The standard InChI is InChI=1S/C13H19F2N/c1-4-9(5-2)13(16-3)11-7-6-10(14)8-12(11)15/h6-9,13,16H,4-5H2,1-3H3. The van der Waals surface area contributed by atoms with Crippen LogP contribution in [0.2, 0.25) is 0 Å². The zero-order valence-corrected chi connectivity index (χ0v) is 10.1. The molecule has 0 spiro atoms. The van der Waals surface area contributed by atoms with E-state index in [0.29, 0.717) is 11.5 Å². The minimum Gasteiger partial charge on any atom is -0.313 e. The fourth-order valence-corrected chi connectivity index (χ4v) is 2.16. The Balaban J connectivity index is 3.03. The van der Waals surface area contributed by atoms with E-state index in [1.807, 2.05) is 7.05 Å². The van der Waals surface area contributed by atoms with E-state index in [1.165, 1.54) is 12.1 Å². The van der Waals surface area contributed by atoms with Gasteiger partial charge in [0.05, 0.1) is 0 Å². The summed E-state index contributed by atoms with van der Waals surface area (Å²) in [5, 5.41) is 3.12. The van der Waals surface area contributed by atoms with Crippen LogP contribution < -0.4 is 5.32 Å². The van der Waals surface area contributed by atoms with Crippen molar-refractivity contribution in [2.24, 2.45) is 5.92 Å². The zero-order valence-electron chi connectivity index (χ0n) is 10.1. The van der Waals surface area contributed by atoms with Crippen molar-refractivity contribution in [2.45, 2.75) is 32.7 Å². The van der Waals surface area contributed by atoms with Gasteiger partial charge in [-0.3, -0.25) is 0 Å². The third kappa shape index (κ3) is 2.79. The van der Waals surface area contributed by atoms with Gasteiger partial charge in [0.1, 0.15) is 11.6 Å². The van der Waals surface area contributed by atoms with Crippen molar-refractivity contribution < 1.29 is 8.78 Å². The van der Waals surface area contributed by atoms with E-state index < -0.39 is 11.6 Å². The van der Waals surface area contributed by atoms with Gasteiger partial charge in [-0.15, -0.1) is 0 Å². The summed E-state index contributed by atoms with van der Waals surface area (Å²) in [6, 6.07) is 3.74. The summed E-state index contributed by atoms with van der Waals surface area (Å²) in [4.78, 5) is 0. The minimum atomic E-state index is -0.527. The molecule has 0 saturated heterocycles. The average molecular weight is 227 g/mol. The van der Waals surface area contributed by atoms with E-state index in [2.05, 4.69) is 19.2 Å². The largest absolute Gasteiger partial charge is 0.313 e. The van der Waals surface area contributed by atoms with E-state index in [0.717, 1.165) is 18.9 Å². The lowest BCUT2D eigenvalue weighted by Gasteiger charge is -2.25. The summed E-state index contributed by atoms with van der Waals surface area (Å²) in [6.07, 6.45) is 1.94. The Kier molecular flexibility index (Phi) is 4.87. The van der Waals surface area contributed by atoms with Gasteiger partial charge in [0.2, 0.25) is 0 Å². The molecule has 0 amide bonds. The highest BCUT2D eigenvalue weighted by Gasteiger charge is 2.21. The quantitative estimate of drug-likeness (QED) is 0.809. The third-order valence-electron chi connectivity index (χ3n) is 3.13. The molecule has 0 bridgehead atoms. The predicted octanol–water partition coefficient (Wildman–Crippen LogP) is 3.66. The molecule has 0 aliphatic rings. The first-order valence-electron chi connectivity index (χ1n) is 5.76. The lowest BCUT2D eigenvalue weighted by atomic mass is 9.88. The summed E-state index contributed by atoms with van der Waals surface area (Å²) in [7, 11) is 1.81. The van der Waals surface area contributed by atoms with Crippen molar-refractivity contribution >= 4 is 0 Å². The summed E-state index contributed by atoms with van der Waals surface area (Å²) in [5.41, 5.74) is 0.553. The van der Waals surface area contributed by atoms with Crippen LogP contribution in [0.4, 0.5) is 8.78 Å². The Labute approximate surface area is 95.9 Å². The summed E-state index contributed by atoms with van der Waals surface area (Å²) >= 11 is 0. The van der Waals surface area contributed by atoms with Crippen LogP contribution >= 0.6 is 0 Å². The van der Waals surface area contributed by atoms with Crippen molar-refractivity contribution in [3.8, 4) is 0 Å². The molecule has 16 heavy (non-hydrogen) atoms. The van der Waals surface area contributed by atoms with Crippen LogP contribution in [0.1, 0.15) is 38.3 Å². The molecule has 0 heterocycles. The van der Waals surface area contributed by atoms with Crippen LogP contribution in [0.15, 0.2) is 18.2 Å². The van der Waals surface area contributed by atoms with Crippen LogP contribution in [-0.4, -0.2) is 7.05 Å². The molecule has 0 fully saturated rings. The van der Waals surface area contributed by atoms with Gasteiger partial charge in [-0.25, -0.2) is 8.78 Å². The van der Waals surface area contributed by atoms with Crippen molar-refractivity contribution in [3.05, 3.63) is 35.4 Å². The normalized spacial score (nSPS) is 13.1. The smallest absolute Gasteiger partial charge is 0.130 e. The maximum absolute atomic E-state index is 13.6. The molecule has 3 heteroatoms. The Morgan fingerprint density at radius 1 is 1.19 bits per heavy atom. The van der Waals surface area contributed by atoms with Crippen molar-refractivity contribution in [1.82, 2.24) is 5.32 Å². The Hall–Kier alpha value is -0.960. The first-order valence-corrected chi connectivity index (χ1v) is 5.76. The van der Waals surface area contributed by atoms with Crippen LogP contribution in [0, 0.1) is 17.6 Å². The van der Waals surface area contributed by atoms with Gasteiger partial charge < -0.3 is 5.32 Å². The van der Waals surface area contributed by atoms with Crippen LogP contribution in [0.3, 0.4) is 0 Å². The number of benzene rings is 1. The summed E-state index contributed by atoms with van der Waals surface area (Å²) in [6.45, 7) is 4.17. The monoisotopic (exact) mass is 227 g/mol. The molecule has 1 rings (SSSR count). The SMILES string of the molecule is CCC(CC)C(NC)c1ccc(F)cc1F. The van der Waals surface area contributed by atoms with Gasteiger partial charge in [0.15, 0.2) is 0 Å². The molecule has 0 aromatic heterocycles. The second kappa shape index (κ2) is 5.94. The molecule has 0 saturated carbocycles. The molecule has 1 nitrogen and oxygen atoms in total. The molecule has 1 aromatic rings. The van der Waals surface area contributed by atoms with E-state index in [1.54, 1.807) is 0 Å². The predicted molar refractivity (Wildman–Crippen MR) is 62.2 cm³/mol. The molecular formula is C13H19F2N. The highest BCUT2D eigenvalue weighted by atomic mass is 19.1. The summed E-state index contributed by atoms with van der Waals surface area (Å²) < 4.78 is 26.5. The van der Waals surface area contributed by atoms with E-state index in [4.69, 9.17) is 0 Å². The molecule has 0 aliphatic heterocycles. The second-order valence-electron chi connectivity index (χ2n) is 4.01. The molecule has 0 aliphatic carbocycles. The van der Waals surface area contributed by atoms with E-state index in [-0.39, 0.29) is 6.04 Å². The molecule has 1 unspecified atom stereocenters. The van der Waals surface area contributed by atoms with Crippen molar-refractivity contribution in [3.63, 3.8) is 0 Å². The molecular weight excluding hydrogens is 208 g/mol. The van der Waals surface area contributed by atoms with Gasteiger partial charge in [0.25, 0.3) is 0 Å². The fourth-order valence-electron chi connectivity index (χ4n) is 2.16. The summed E-state index contributed by atoms with van der Waals surface area (Å²) in [5.74, 6) is -0.628. The van der Waals surface area contributed by atoms with Crippen LogP contribution in [-0.2, 0) is 0 Å². The first-order chi connectivity index (χ1) is 7.63. The Bertz CT molecular complexity index is 335. The highest BCUT2D eigenvalue weighted by Crippen LogP contribution is 2.28. The van der Waals surface area contributed by atoms with Gasteiger partial charge in [-0.2, -0.15) is 0 Å². The van der Waals surface area contributed by atoms with E-state index in [9.17, 15) is 8.78 Å². The number of rotatable bonds is 5. The Morgan fingerprint density at radius 2 is 1.81 bits per heavy atom. The molecule has 90 valence electrons. The second-order valence-corrected chi connectivity index (χ2v) is 4.01. The number of hydrogen-bond acceptors (Lipinski definition) is 1. The van der Waals surface area contributed by atoms with Crippen LogP contribution in [0.5, 0.6) is 0 Å². The number of nitrogens with one attached hydrogen (secondary N) is 1. The molecule has 1 atom stereocenters. The zero-order chi connectivity index (χ0) is 12.1. The number of halogens is 2. The van der Waals surface area contributed by atoms with Crippen LogP contribution in [0.25, 0.3) is 0 Å². The molecule has 1 N–H and O–H groups in total. The van der Waals surface area contributed by atoms with Gasteiger partial charge in [-0.1, -0.05) is 32.8 Å². The minimum absolute atomic E-state index is 0.0457. The lowest BCUT2D eigenvalue weighted by molar-refractivity contribution is 0.349. The number of hydrogen-bond donors (Lipinski definition) is 1. The van der Waals surface area contributed by atoms with Crippen molar-refractivity contribution in [1.29, 1.82) is 0 Å². The van der Waals surface area contributed by atoms with Crippen molar-refractivity contribution in [2.75, 3.05) is 7.05 Å². The average Bonchev–Trinajstić information content (AvgIpc) is 2.27. The van der Waals surface area contributed by atoms with E-state index >= 15 is 0 Å². The topological polar surface area (TPSA) is 12.0 Å². The van der Waals surface area contributed by atoms with Gasteiger partial charge >= 0.3 is 0 Å². The fraction of sp³-hybridized carbons (Fsp3) is 0.538. The molecule has 0 radical (unpaired) electrons. The maximum Gasteiger partial charge on any atom is 0.130 e. The van der Waals surface area contributed by atoms with Gasteiger partial charge in [0, 0.05) is 17.7 Å². The van der Waals surface area contributed by atoms with Gasteiger partial charge in [-0.05, 0) is 19.0 Å². The molecule has 1 aromatic carbocycles. The lowest BCUT2D eigenvalue weighted by Crippen LogP contribution is -2.25. The maximum atomic E-state index is 13.6. The highest BCUT2D eigenvalue weighted by molar-refractivity contribution is 5.22. The first kappa shape index (κ1) is 13.1. The third-order valence-corrected chi connectivity index (χ3v) is 3.13. The Morgan fingerprint density at radius 3 is 2.25 bits per heavy atom.